The van der Waals surface area contributed by atoms with Gasteiger partial charge in [-0.05, 0) is 12.8 Å². The van der Waals surface area contributed by atoms with Gasteiger partial charge in [-0.1, -0.05) is 12.1 Å². The highest BCUT2D eigenvalue weighted by atomic mass is 16.5. The maximum Gasteiger partial charge on any atom is 0.273 e. The van der Waals surface area contributed by atoms with Crippen LogP contribution in [0, 0.1) is 5.92 Å². The predicted molar refractivity (Wildman–Crippen MR) is 69.5 cm³/mol. The van der Waals surface area contributed by atoms with Crippen LogP contribution in [0.2, 0.25) is 0 Å². The third kappa shape index (κ3) is 3.51. The van der Waals surface area contributed by atoms with Crippen molar-refractivity contribution < 1.29 is 9.53 Å². The Morgan fingerprint density at radius 3 is 3.26 bits per heavy atom. The van der Waals surface area contributed by atoms with E-state index in [4.69, 9.17) is 10.5 Å². The third-order valence-corrected chi connectivity index (χ3v) is 3.40. The predicted octanol–water partition coefficient (Wildman–Crippen LogP) is -0.218. The minimum Gasteiger partial charge on any atom is -0.378 e. The first kappa shape index (κ1) is 14.0. The molecule has 2 rings (SSSR count). The Bertz CT molecular complexity index is 420. The Kier molecular flexibility index (Phi) is 4.86. The summed E-state index contributed by atoms with van der Waals surface area (Å²) < 4.78 is 7.16. The minimum absolute atomic E-state index is 0.190. The van der Waals surface area contributed by atoms with E-state index in [-0.39, 0.29) is 12.0 Å². The maximum absolute atomic E-state index is 11.9. The van der Waals surface area contributed by atoms with E-state index >= 15 is 0 Å². The molecule has 2 heterocycles. The zero-order chi connectivity index (χ0) is 13.7. The maximum atomic E-state index is 11.9. The normalized spacial score (nSPS) is 22.6. The molecule has 1 aliphatic heterocycles. The van der Waals surface area contributed by atoms with Gasteiger partial charge >= 0.3 is 0 Å². The Hall–Kier alpha value is -1.47. The van der Waals surface area contributed by atoms with Gasteiger partial charge in [0.2, 0.25) is 0 Å². The molecule has 2 atom stereocenters. The average molecular weight is 267 g/mol. The standard InChI is InChI=1S/C12H21N5O2/c1-2-11-9(3-6-19-11)7-14-12(18)10-8-17(5-4-13)16-15-10/h8-9,11H,2-7,13H2,1H3,(H,14,18). The molecule has 1 fully saturated rings. The van der Waals surface area contributed by atoms with E-state index in [0.717, 1.165) is 19.4 Å². The summed E-state index contributed by atoms with van der Waals surface area (Å²) >= 11 is 0. The summed E-state index contributed by atoms with van der Waals surface area (Å²) in [5.41, 5.74) is 5.75. The molecule has 1 saturated heterocycles. The van der Waals surface area contributed by atoms with E-state index in [1.807, 2.05) is 0 Å². The second kappa shape index (κ2) is 6.63. The van der Waals surface area contributed by atoms with Crippen molar-refractivity contribution in [2.24, 2.45) is 11.7 Å². The molecular weight excluding hydrogens is 246 g/mol. The summed E-state index contributed by atoms with van der Waals surface area (Å²) in [5.74, 6) is 0.207. The molecular formula is C12H21N5O2. The Morgan fingerprint density at radius 2 is 2.53 bits per heavy atom. The van der Waals surface area contributed by atoms with Crippen LogP contribution in [0.3, 0.4) is 0 Å². The highest BCUT2D eigenvalue weighted by Gasteiger charge is 2.27. The fraction of sp³-hybridized carbons (Fsp3) is 0.750. The second-order valence-corrected chi connectivity index (χ2v) is 4.73. The van der Waals surface area contributed by atoms with Crippen LogP contribution < -0.4 is 11.1 Å². The molecule has 1 amide bonds. The Balaban J connectivity index is 1.83. The van der Waals surface area contributed by atoms with E-state index < -0.39 is 0 Å². The van der Waals surface area contributed by atoms with Crippen LogP contribution in [0.5, 0.6) is 0 Å². The number of carbonyl (C=O) groups is 1. The Morgan fingerprint density at radius 1 is 1.68 bits per heavy atom. The number of nitrogens with one attached hydrogen (secondary N) is 1. The van der Waals surface area contributed by atoms with Gasteiger partial charge in [0.15, 0.2) is 5.69 Å². The summed E-state index contributed by atoms with van der Waals surface area (Å²) in [6.07, 6.45) is 3.85. The van der Waals surface area contributed by atoms with Gasteiger partial charge in [-0.15, -0.1) is 5.10 Å². The lowest BCUT2D eigenvalue weighted by Crippen LogP contribution is -2.32. The van der Waals surface area contributed by atoms with Gasteiger partial charge in [-0.2, -0.15) is 0 Å². The van der Waals surface area contributed by atoms with Crippen LogP contribution in [0.25, 0.3) is 0 Å². The number of carbonyl (C=O) groups excluding carboxylic acids is 1. The molecule has 1 aromatic rings. The van der Waals surface area contributed by atoms with Crippen molar-refractivity contribution in [2.75, 3.05) is 19.7 Å². The first-order valence-electron chi connectivity index (χ1n) is 6.74. The fourth-order valence-corrected chi connectivity index (χ4v) is 2.34. The molecule has 0 spiro atoms. The molecule has 0 radical (unpaired) electrons. The first-order chi connectivity index (χ1) is 9.24. The smallest absolute Gasteiger partial charge is 0.273 e. The molecule has 19 heavy (non-hydrogen) atoms. The fourth-order valence-electron chi connectivity index (χ4n) is 2.34. The summed E-state index contributed by atoms with van der Waals surface area (Å²) in [6.45, 7) is 4.55. The molecule has 3 N–H and O–H groups in total. The lowest BCUT2D eigenvalue weighted by Gasteiger charge is -2.16. The topological polar surface area (TPSA) is 95.1 Å². The number of rotatable bonds is 6. The van der Waals surface area contributed by atoms with Crippen LogP contribution in [0.4, 0.5) is 0 Å². The monoisotopic (exact) mass is 267 g/mol. The van der Waals surface area contributed by atoms with E-state index in [1.165, 1.54) is 0 Å². The van der Waals surface area contributed by atoms with Crippen molar-refractivity contribution in [3.05, 3.63) is 11.9 Å². The molecule has 7 heteroatoms. The van der Waals surface area contributed by atoms with Gasteiger partial charge in [0.05, 0.1) is 18.8 Å². The molecule has 2 unspecified atom stereocenters. The molecule has 1 aromatic heterocycles. The van der Waals surface area contributed by atoms with Crippen molar-refractivity contribution in [3.63, 3.8) is 0 Å². The van der Waals surface area contributed by atoms with Gasteiger partial charge in [0.25, 0.3) is 5.91 Å². The number of nitrogens with zero attached hydrogens (tertiary/aromatic N) is 3. The van der Waals surface area contributed by atoms with E-state index in [2.05, 4.69) is 22.6 Å². The molecule has 7 nitrogen and oxygen atoms in total. The van der Waals surface area contributed by atoms with E-state index in [0.29, 0.717) is 31.2 Å². The van der Waals surface area contributed by atoms with Gasteiger partial charge in [0.1, 0.15) is 0 Å². The second-order valence-electron chi connectivity index (χ2n) is 4.73. The van der Waals surface area contributed by atoms with Crippen molar-refractivity contribution in [3.8, 4) is 0 Å². The highest BCUT2D eigenvalue weighted by molar-refractivity contribution is 5.91. The Labute approximate surface area is 112 Å². The number of hydrogen-bond acceptors (Lipinski definition) is 5. The van der Waals surface area contributed by atoms with Crippen molar-refractivity contribution in [2.45, 2.75) is 32.4 Å². The summed E-state index contributed by atoms with van der Waals surface area (Å²) in [5, 5.41) is 10.6. The van der Waals surface area contributed by atoms with E-state index in [1.54, 1.807) is 10.9 Å². The molecule has 1 aliphatic rings. The number of amides is 1. The van der Waals surface area contributed by atoms with Crippen LogP contribution in [-0.4, -0.2) is 46.7 Å². The third-order valence-electron chi connectivity index (χ3n) is 3.40. The highest BCUT2D eigenvalue weighted by Crippen LogP contribution is 2.22. The zero-order valence-corrected chi connectivity index (χ0v) is 11.2. The van der Waals surface area contributed by atoms with Crippen molar-refractivity contribution in [1.82, 2.24) is 20.3 Å². The molecule has 0 bridgehead atoms. The largest absolute Gasteiger partial charge is 0.378 e. The summed E-state index contributed by atoms with van der Waals surface area (Å²) in [6, 6.07) is 0. The number of nitrogens with two attached hydrogens (primary N) is 1. The summed E-state index contributed by atoms with van der Waals surface area (Å²) in [7, 11) is 0. The number of hydrogen-bond donors (Lipinski definition) is 2. The van der Waals surface area contributed by atoms with Crippen molar-refractivity contribution >= 4 is 5.91 Å². The lowest BCUT2D eigenvalue weighted by atomic mass is 10.00. The lowest BCUT2D eigenvalue weighted by molar-refractivity contribution is 0.0825. The number of ether oxygens (including phenoxy) is 1. The van der Waals surface area contributed by atoms with Gasteiger partial charge in [-0.3, -0.25) is 9.48 Å². The first-order valence-corrected chi connectivity index (χ1v) is 6.74. The molecule has 0 aliphatic carbocycles. The van der Waals surface area contributed by atoms with Gasteiger partial charge < -0.3 is 15.8 Å². The average Bonchev–Trinajstić information content (AvgIpc) is 3.04. The molecule has 0 saturated carbocycles. The van der Waals surface area contributed by atoms with Gasteiger partial charge in [-0.25, -0.2) is 0 Å². The number of aromatic nitrogens is 3. The zero-order valence-electron chi connectivity index (χ0n) is 11.2. The van der Waals surface area contributed by atoms with E-state index in [9.17, 15) is 4.79 Å². The summed E-state index contributed by atoms with van der Waals surface area (Å²) in [4.78, 5) is 11.9. The quantitative estimate of drug-likeness (QED) is 0.743. The molecule has 0 aromatic carbocycles. The molecule has 106 valence electrons. The SMILES string of the molecule is CCC1OCCC1CNC(=O)c1cn(CCN)nn1. The van der Waals surface area contributed by atoms with Crippen molar-refractivity contribution in [1.29, 1.82) is 0 Å². The van der Waals surface area contributed by atoms with Crippen LogP contribution in [-0.2, 0) is 11.3 Å². The van der Waals surface area contributed by atoms with Gasteiger partial charge in [0, 0.05) is 25.6 Å². The van der Waals surface area contributed by atoms with Crippen LogP contribution in [0.1, 0.15) is 30.3 Å². The van der Waals surface area contributed by atoms with Crippen LogP contribution >= 0.6 is 0 Å². The van der Waals surface area contributed by atoms with Crippen LogP contribution in [0.15, 0.2) is 6.20 Å². The minimum atomic E-state index is -0.190.